The molecule has 1 amide bonds. The van der Waals surface area contributed by atoms with E-state index in [9.17, 15) is 4.79 Å². The molecule has 0 radical (unpaired) electrons. The Morgan fingerprint density at radius 1 is 1.21 bits per heavy atom. The summed E-state index contributed by atoms with van der Waals surface area (Å²) in [5.41, 5.74) is 0.932. The molecule has 0 saturated carbocycles. The van der Waals surface area contributed by atoms with E-state index in [0.717, 1.165) is 37.2 Å². The number of ether oxygens (including phenoxy) is 1. The Balaban J connectivity index is 1.66. The molecule has 1 aromatic heterocycles. The largest absolute Gasteiger partial charge is 0.379 e. The number of carbonyl (C=O) groups is 1. The van der Waals surface area contributed by atoms with Gasteiger partial charge in [0.2, 0.25) is 0 Å². The van der Waals surface area contributed by atoms with Gasteiger partial charge in [0.25, 0.3) is 0 Å². The highest BCUT2D eigenvalue weighted by Crippen LogP contribution is 2.14. The van der Waals surface area contributed by atoms with Crippen molar-refractivity contribution in [3.05, 3.63) is 36.5 Å². The van der Waals surface area contributed by atoms with Crippen molar-refractivity contribution in [3.8, 4) is 0 Å². The highest BCUT2D eigenvalue weighted by atomic mass is 16.5. The average molecular weight is 259 g/mol. The van der Waals surface area contributed by atoms with E-state index in [4.69, 9.17) is 4.74 Å². The van der Waals surface area contributed by atoms with Crippen LogP contribution >= 0.6 is 0 Å². The van der Waals surface area contributed by atoms with Crippen molar-refractivity contribution in [2.75, 3.05) is 33.0 Å². The van der Waals surface area contributed by atoms with E-state index in [2.05, 4.69) is 10.2 Å². The SMILES string of the molecule is O=C(NCN1CCOCC1)n1ccc2ccccc21. The zero-order chi connectivity index (χ0) is 13.1. The number of para-hydroxylation sites is 1. The minimum atomic E-state index is -0.0901. The van der Waals surface area contributed by atoms with Crippen LogP contribution in [0.1, 0.15) is 0 Å². The second-order valence-electron chi connectivity index (χ2n) is 4.62. The third-order valence-electron chi connectivity index (χ3n) is 3.38. The molecule has 2 heterocycles. The van der Waals surface area contributed by atoms with Crippen LogP contribution < -0.4 is 5.32 Å². The Morgan fingerprint density at radius 3 is 2.84 bits per heavy atom. The summed E-state index contributed by atoms with van der Waals surface area (Å²) in [4.78, 5) is 14.3. The topological polar surface area (TPSA) is 46.5 Å². The summed E-state index contributed by atoms with van der Waals surface area (Å²) in [6.45, 7) is 3.78. The number of rotatable bonds is 2. The van der Waals surface area contributed by atoms with E-state index in [1.54, 1.807) is 10.8 Å². The number of benzene rings is 1. The molecule has 1 N–H and O–H groups in total. The molecule has 0 bridgehead atoms. The minimum absolute atomic E-state index is 0.0901. The fraction of sp³-hybridized carbons (Fsp3) is 0.357. The maximum atomic E-state index is 12.2. The molecule has 1 saturated heterocycles. The highest BCUT2D eigenvalue weighted by Gasteiger charge is 2.12. The Bertz CT molecular complexity index is 573. The minimum Gasteiger partial charge on any atom is -0.379 e. The number of carbonyl (C=O) groups excluding carboxylic acids is 1. The molecule has 0 aliphatic carbocycles. The zero-order valence-electron chi connectivity index (χ0n) is 10.7. The number of morpholine rings is 1. The van der Waals surface area contributed by atoms with Crippen LogP contribution in [0, 0.1) is 0 Å². The summed E-state index contributed by atoms with van der Waals surface area (Å²) < 4.78 is 6.93. The van der Waals surface area contributed by atoms with Crippen LogP contribution in [0.15, 0.2) is 36.5 Å². The van der Waals surface area contributed by atoms with Crippen molar-refractivity contribution in [1.82, 2.24) is 14.8 Å². The van der Waals surface area contributed by atoms with Gasteiger partial charge in [0, 0.05) is 24.7 Å². The van der Waals surface area contributed by atoms with Crippen LogP contribution in [-0.2, 0) is 4.74 Å². The van der Waals surface area contributed by atoms with Crippen molar-refractivity contribution in [2.24, 2.45) is 0 Å². The summed E-state index contributed by atoms with van der Waals surface area (Å²) >= 11 is 0. The first-order chi connectivity index (χ1) is 9.34. The maximum absolute atomic E-state index is 12.2. The number of hydrogen-bond acceptors (Lipinski definition) is 3. The van der Waals surface area contributed by atoms with Crippen molar-refractivity contribution < 1.29 is 9.53 Å². The number of nitrogens with zero attached hydrogens (tertiary/aromatic N) is 2. The number of aromatic nitrogens is 1. The lowest BCUT2D eigenvalue weighted by atomic mass is 10.2. The fourth-order valence-corrected chi connectivity index (χ4v) is 2.28. The number of amides is 1. The summed E-state index contributed by atoms with van der Waals surface area (Å²) in [6, 6.07) is 9.72. The molecule has 3 rings (SSSR count). The molecule has 1 aliphatic rings. The van der Waals surface area contributed by atoms with Gasteiger partial charge in [-0.2, -0.15) is 0 Å². The lowest BCUT2D eigenvalue weighted by Gasteiger charge is -2.26. The third kappa shape index (κ3) is 2.62. The molecule has 1 fully saturated rings. The van der Waals surface area contributed by atoms with Crippen molar-refractivity contribution in [1.29, 1.82) is 0 Å². The first kappa shape index (κ1) is 12.2. The zero-order valence-corrected chi connectivity index (χ0v) is 10.7. The lowest BCUT2D eigenvalue weighted by molar-refractivity contribution is 0.0356. The van der Waals surface area contributed by atoms with Crippen LogP contribution in [0.2, 0.25) is 0 Å². The van der Waals surface area contributed by atoms with Crippen LogP contribution in [-0.4, -0.2) is 48.5 Å². The number of nitrogens with one attached hydrogen (secondary N) is 1. The molecule has 0 spiro atoms. The molecule has 5 heteroatoms. The first-order valence-corrected chi connectivity index (χ1v) is 6.49. The van der Waals surface area contributed by atoms with Crippen LogP contribution in [0.4, 0.5) is 4.79 Å². The lowest BCUT2D eigenvalue weighted by Crippen LogP contribution is -2.44. The van der Waals surface area contributed by atoms with Gasteiger partial charge in [0.15, 0.2) is 0 Å². The molecule has 0 atom stereocenters. The summed E-state index contributed by atoms with van der Waals surface area (Å²) in [7, 11) is 0. The van der Waals surface area contributed by atoms with E-state index < -0.39 is 0 Å². The second kappa shape index (κ2) is 5.42. The quantitative estimate of drug-likeness (QED) is 0.888. The van der Waals surface area contributed by atoms with E-state index in [0.29, 0.717) is 6.67 Å². The Morgan fingerprint density at radius 2 is 2.00 bits per heavy atom. The molecule has 5 nitrogen and oxygen atoms in total. The summed E-state index contributed by atoms with van der Waals surface area (Å²) in [5, 5.41) is 4.01. The molecule has 2 aromatic rings. The normalized spacial score (nSPS) is 16.6. The standard InChI is InChI=1S/C14H17N3O2/c18-14(15-11-16-7-9-19-10-8-16)17-6-5-12-3-1-2-4-13(12)17/h1-6H,7-11H2,(H,15,18). The first-order valence-electron chi connectivity index (χ1n) is 6.49. The van der Waals surface area contributed by atoms with Crippen molar-refractivity contribution >= 4 is 16.9 Å². The number of hydrogen-bond donors (Lipinski definition) is 1. The van der Waals surface area contributed by atoms with Crippen molar-refractivity contribution in [3.63, 3.8) is 0 Å². The molecule has 0 unspecified atom stereocenters. The van der Waals surface area contributed by atoms with Gasteiger partial charge in [-0.25, -0.2) is 4.79 Å². The predicted octanol–water partition coefficient (Wildman–Crippen LogP) is 1.49. The van der Waals surface area contributed by atoms with Gasteiger partial charge in [-0.15, -0.1) is 0 Å². The average Bonchev–Trinajstić information content (AvgIpc) is 2.90. The Kier molecular flexibility index (Phi) is 3.48. The Hall–Kier alpha value is -1.85. The van der Waals surface area contributed by atoms with Gasteiger partial charge in [-0.3, -0.25) is 9.47 Å². The summed E-state index contributed by atoms with van der Waals surface area (Å²) in [6.07, 6.45) is 1.80. The smallest absolute Gasteiger partial charge is 0.327 e. The van der Waals surface area contributed by atoms with E-state index in [1.165, 1.54) is 0 Å². The molecule has 1 aromatic carbocycles. The van der Waals surface area contributed by atoms with Gasteiger partial charge < -0.3 is 10.1 Å². The molecular formula is C14H17N3O2. The van der Waals surface area contributed by atoms with E-state index in [1.807, 2.05) is 30.3 Å². The van der Waals surface area contributed by atoms with Crippen LogP contribution in [0.3, 0.4) is 0 Å². The van der Waals surface area contributed by atoms with Gasteiger partial charge in [0.1, 0.15) is 0 Å². The van der Waals surface area contributed by atoms with Crippen molar-refractivity contribution in [2.45, 2.75) is 0 Å². The van der Waals surface area contributed by atoms with Crippen LogP contribution in [0.5, 0.6) is 0 Å². The second-order valence-corrected chi connectivity index (χ2v) is 4.62. The third-order valence-corrected chi connectivity index (χ3v) is 3.38. The van der Waals surface area contributed by atoms with E-state index in [-0.39, 0.29) is 6.03 Å². The maximum Gasteiger partial charge on any atom is 0.327 e. The predicted molar refractivity (Wildman–Crippen MR) is 73.1 cm³/mol. The molecule has 100 valence electrons. The Labute approximate surface area is 111 Å². The fourth-order valence-electron chi connectivity index (χ4n) is 2.28. The molecule has 19 heavy (non-hydrogen) atoms. The monoisotopic (exact) mass is 259 g/mol. The molecular weight excluding hydrogens is 242 g/mol. The van der Waals surface area contributed by atoms with Gasteiger partial charge in [0.05, 0.1) is 25.4 Å². The highest BCUT2D eigenvalue weighted by molar-refractivity contribution is 5.91. The van der Waals surface area contributed by atoms with Gasteiger partial charge in [-0.1, -0.05) is 18.2 Å². The van der Waals surface area contributed by atoms with Gasteiger partial charge in [-0.05, 0) is 12.1 Å². The van der Waals surface area contributed by atoms with E-state index >= 15 is 0 Å². The van der Waals surface area contributed by atoms with Gasteiger partial charge >= 0.3 is 6.03 Å². The molecule has 1 aliphatic heterocycles. The summed E-state index contributed by atoms with van der Waals surface area (Å²) in [5.74, 6) is 0. The van der Waals surface area contributed by atoms with Crippen LogP contribution in [0.25, 0.3) is 10.9 Å². The number of fused-ring (bicyclic) bond motifs is 1.